The van der Waals surface area contributed by atoms with Crippen LogP contribution in [0.2, 0.25) is 5.02 Å². The summed E-state index contributed by atoms with van der Waals surface area (Å²) in [5.74, 6) is 0.631. The fourth-order valence-electron chi connectivity index (χ4n) is 5.87. The van der Waals surface area contributed by atoms with Crippen LogP contribution in [0.5, 0.6) is 0 Å². The Morgan fingerprint density at radius 3 is 2.63 bits per heavy atom. The topological polar surface area (TPSA) is 94.7 Å². The van der Waals surface area contributed by atoms with Crippen molar-refractivity contribution in [2.45, 2.75) is 77.4 Å². The number of benzene rings is 1. The first-order valence-electron chi connectivity index (χ1n) is 15.4. The van der Waals surface area contributed by atoms with Gasteiger partial charge in [0.2, 0.25) is 0 Å². The van der Waals surface area contributed by atoms with E-state index < -0.39 is 0 Å². The summed E-state index contributed by atoms with van der Waals surface area (Å²) in [6, 6.07) is 6.16. The molecule has 5 rings (SSSR count). The Bertz CT molecular complexity index is 1540. The van der Waals surface area contributed by atoms with Crippen molar-refractivity contribution in [1.82, 2.24) is 24.9 Å². The van der Waals surface area contributed by atoms with Gasteiger partial charge in [0.25, 0.3) is 0 Å². The largest absolute Gasteiger partial charge is 0.383 e. The van der Waals surface area contributed by atoms with Crippen molar-refractivity contribution in [2.75, 3.05) is 30.3 Å². The van der Waals surface area contributed by atoms with Gasteiger partial charge in [-0.1, -0.05) is 54.1 Å². The molecule has 2 aliphatic rings. The predicted molar refractivity (Wildman–Crippen MR) is 176 cm³/mol. The van der Waals surface area contributed by atoms with E-state index >= 15 is 0 Å². The van der Waals surface area contributed by atoms with Crippen LogP contribution in [0.25, 0.3) is 10.9 Å². The van der Waals surface area contributed by atoms with Gasteiger partial charge in [-0.3, -0.25) is 9.88 Å². The van der Waals surface area contributed by atoms with E-state index in [1.165, 1.54) is 19.3 Å². The average Bonchev–Trinajstić information content (AvgIpc) is 3.45. The van der Waals surface area contributed by atoms with Crippen LogP contribution in [0.3, 0.4) is 0 Å². The third-order valence-corrected chi connectivity index (χ3v) is 9.03. The number of nitrogens with one attached hydrogen (secondary N) is 2. The smallest absolute Gasteiger partial charge is 0.109 e. The van der Waals surface area contributed by atoms with Crippen molar-refractivity contribution in [3.63, 3.8) is 0 Å². The van der Waals surface area contributed by atoms with Crippen molar-refractivity contribution >= 4 is 33.9 Å². The van der Waals surface area contributed by atoms with Crippen LogP contribution >= 0.6 is 11.6 Å². The van der Waals surface area contributed by atoms with Crippen LogP contribution in [0, 0.1) is 17.2 Å². The molecular weight excluding hydrogens is 556 g/mol. The molecule has 1 saturated carbocycles. The number of nitrogens with zero attached hydrogens (tertiary/aromatic N) is 6. The Labute approximate surface area is 260 Å². The van der Waals surface area contributed by atoms with Gasteiger partial charge in [0.1, 0.15) is 11.8 Å². The lowest BCUT2D eigenvalue weighted by molar-refractivity contribution is 0.0866. The fraction of sp³-hybridized carbons (Fsp3) is 0.471. The van der Waals surface area contributed by atoms with Gasteiger partial charge >= 0.3 is 0 Å². The van der Waals surface area contributed by atoms with E-state index in [-0.39, 0.29) is 11.6 Å². The lowest BCUT2D eigenvalue weighted by Crippen LogP contribution is -2.46. The molecule has 8 nitrogen and oxygen atoms in total. The maximum absolute atomic E-state index is 9.86. The number of halogens is 1. The SMILES string of the molecule is C=C(/C=C\C=C/C)[C@H](Nc1cc(Cl)c2ncc(C#N)c(NCC3CCC3)c2c1)c1cn(C2CCN(C(C)(C)C)CC2)nn1. The van der Waals surface area contributed by atoms with E-state index in [4.69, 9.17) is 11.6 Å². The number of piperidine rings is 1. The molecule has 3 aromatic rings. The van der Waals surface area contributed by atoms with Gasteiger partial charge in [0, 0.05) is 42.4 Å². The number of likely N-dealkylation sites (tertiary alicyclic amines) is 1. The lowest BCUT2D eigenvalue weighted by atomic mass is 9.85. The molecule has 1 aliphatic carbocycles. The molecular formula is C34H43ClN8. The van der Waals surface area contributed by atoms with E-state index in [0.29, 0.717) is 28.1 Å². The molecule has 9 heteroatoms. The number of anilines is 2. The second-order valence-corrected chi connectivity index (χ2v) is 13.1. The molecule has 0 bridgehead atoms. The third kappa shape index (κ3) is 7.11. The minimum atomic E-state index is -0.336. The van der Waals surface area contributed by atoms with Crippen LogP contribution in [0.4, 0.5) is 11.4 Å². The van der Waals surface area contributed by atoms with Crippen molar-refractivity contribution in [3.8, 4) is 6.07 Å². The molecule has 1 aliphatic heterocycles. The van der Waals surface area contributed by atoms with Crippen molar-refractivity contribution in [3.05, 3.63) is 77.3 Å². The normalized spacial score (nSPS) is 17.8. The standard InChI is InChI=1S/C34H43ClN8/c1-6-7-8-10-23(2)31(30-22-43(41-40-30)27-13-15-42(16-14-27)34(3,4)5)39-26-17-28-32(37-20-24-11-9-12-24)25(19-36)21-38-33(28)29(35)18-26/h6-8,10,17-18,21-22,24,27,31,39H,2,9,11-16,20H2,1,3-5H3,(H,37,38)/b7-6-,10-8-/t31-/m0/s1. The van der Waals surface area contributed by atoms with E-state index in [9.17, 15) is 5.26 Å². The van der Waals surface area contributed by atoms with Crippen LogP contribution in [-0.4, -0.2) is 50.1 Å². The van der Waals surface area contributed by atoms with Gasteiger partial charge in [-0.2, -0.15) is 5.26 Å². The number of aromatic nitrogens is 4. The lowest BCUT2D eigenvalue weighted by Gasteiger charge is -2.40. The third-order valence-electron chi connectivity index (χ3n) is 8.74. The minimum Gasteiger partial charge on any atom is -0.383 e. The number of nitriles is 1. The van der Waals surface area contributed by atoms with Crippen LogP contribution in [0.15, 0.2) is 61.0 Å². The van der Waals surface area contributed by atoms with E-state index in [2.05, 4.69) is 64.2 Å². The predicted octanol–water partition coefficient (Wildman–Crippen LogP) is 7.84. The molecule has 3 heterocycles. The number of rotatable bonds is 10. The maximum atomic E-state index is 9.86. The number of hydrogen-bond acceptors (Lipinski definition) is 7. The van der Waals surface area contributed by atoms with Crippen LogP contribution < -0.4 is 10.6 Å². The Morgan fingerprint density at radius 2 is 1.98 bits per heavy atom. The van der Waals surface area contributed by atoms with Gasteiger partial charge < -0.3 is 10.6 Å². The minimum absolute atomic E-state index is 0.168. The summed E-state index contributed by atoms with van der Waals surface area (Å²) in [5.41, 5.74) is 4.55. The molecule has 0 unspecified atom stereocenters. The molecule has 0 radical (unpaired) electrons. The molecule has 2 fully saturated rings. The highest BCUT2D eigenvalue weighted by Crippen LogP contribution is 2.37. The number of fused-ring (bicyclic) bond motifs is 1. The summed E-state index contributed by atoms with van der Waals surface area (Å²) >= 11 is 6.80. The molecule has 2 N–H and O–H groups in total. The number of pyridine rings is 1. The molecule has 0 spiro atoms. The van der Waals surface area contributed by atoms with E-state index in [1.807, 2.05) is 54.2 Å². The highest BCUT2D eigenvalue weighted by atomic mass is 35.5. The molecule has 43 heavy (non-hydrogen) atoms. The Hall–Kier alpha value is -3.67. The summed E-state index contributed by atoms with van der Waals surface area (Å²) in [7, 11) is 0. The van der Waals surface area contributed by atoms with Gasteiger partial charge in [0.05, 0.1) is 40.1 Å². The zero-order valence-electron chi connectivity index (χ0n) is 25.8. The number of hydrogen-bond donors (Lipinski definition) is 2. The second kappa shape index (κ2) is 13.3. The van der Waals surface area contributed by atoms with E-state index in [0.717, 1.165) is 60.5 Å². The summed E-state index contributed by atoms with van der Waals surface area (Å²) in [5, 5.41) is 27.6. The highest BCUT2D eigenvalue weighted by molar-refractivity contribution is 6.35. The van der Waals surface area contributed by atoms with Gasteiger partial charge in [-0.05, 0) is 77.0 Å². The average molecular weight is 599 g/mol. The Kier molecular flexibility index (Phi) is 9.53. The molecule has 0 amide bonds. The second-order valence-electron chi connectivity index (χ2n) is 12.7. The molecule has 2 aromatic heterocycles. The number of allylic oxidation sites excluding steroid dienone is 3. The fourth-order valence-corrected chi connectivity index (χ4v) is 6.14. The van der Waals surface area contributed by atoms with Gasteiger partial charge in [0.15, 0.2) is 0 Å². The van der Waals surface area contributed by atoms with Gasteiger partial charge in [-0.15, -0.1) is 5.10 Å². The molecule has 226 valence electrons. The first-order chi connectivity index (χ1) is 20.7. The van der Waals surface area contributed by atoms with Gasteiger partial charge in [-0.25, -0.2) is 4.68 Å². The van der Waals surface area contributed by atoms with Crippen LogP contribution in [0.1, 0.15) is 83.1 Å². The Balaban J connectivity index is 1.44. The Morgan fingerprint density at radius 1 is 1.21 bits per heavy atom. The van der Waals surface area contributed by atoms with E-state index in [1.54, 1.807) is 6.20 Å². The molecule has 1 saturated heterocycles. The van der Waals surface area contributed by atoms with Crippen LogP contribution in [-0.2, 0) is 0 Å². The summed E-state index contributed by atoms with van der Waals surface area (Å²) in [4.78, 5) is 7.06. The summed E-state index contributed by atoms with van der Waals surface area (Å²) in [6.07, 6.45) is 17.3. The highest BCUT2D eigenvalue weighted by Gasteiger charge is 2.29. The van der Waals surface area contributed by atoms with Crippen molar-refractivity contribution < 1.29 is 0 Å². The summed E-state index contributed by atoms with van der Waals surface area (Å²) in [6.45, 7) is 16.1. The summed E-state index contributed by atoms with van der Waals surface area (Å²) < 4.78 is 2.02. The van der Waals surface area contributed by atoms with Crippen molar-refractivity contribution in [1.29, 1.82) is 5.26 Å². The van der Waals surface area contributed by atoms with Crippen molar-refractivity contribution in [2.24, 2.45) is 5.92 Å². The maximum Gasteiger partial charge on any atom is 0.109 e. The molecule has 1 aromatic carbocycles. The molecule has 1 atom stereocenters. The first kappa shape index (κ1) is 30.8. The quantitative estimate of drug-likeness (QED) is 0.229. The zero-order chi connectivity index (χ0) is 30.6. The zero-order valence-corrected chi connectivity index (χ0v) is 26.5. The first-order valence-corrected chi connectivity index (χ1v) is 15.7. The monoisotopic (exact) mass is 598 g/mol.